The number of carbonyl (C=O) groups is 3. The van der Waals surface area contributed by atoms with Crippen molar-refractivity contribution in [1.82, 2.24) is 15.3 Å². The molecule has 1 aliphatic rings. The first-order valence-electron chi connectivity index (χ1n) is 12.6. The third kappa shape index (κ3) is 9.43. The molecule has 34 heavy (non-hydrogen) atoms. The molecule has 1 fully saturated rings. The molecule has 0 bridgehead atoms. The summed E-state index contributed by atoms with van der Waals surface area (Å²) in [6, 6.07) is 8.61. The zero-order valence-electron chi connectivity index (χ0n) is 21.0. The molecule has 0 unspecified atom stereocenters. The van der Waals surface area contributed by atoms with Crippen LogP contribution in [0.15, 0.2) is 30.3 Å². The monoisotopic (exact) mass is 475 g/mol. The van der Waals surface area contributed by atoms with Crippen LogP contribution in [-0.2, 0) is 30.3 Å². The minimum absolute atomic E-state index is 0.122. The van der Waals surface area contributed by atoms with Gasteiger partial charge in [-0.3, -0.25) is 24.7 Å². The number of unbranched alkanes of at least 4 members (excludes halogenated alkanes) is 1. The molecule has 8 heteroatoms. The smallest absolute Gasteiger partial charge is 0.327 e. The zero-order chi connectivity index (χ0) is 24.8. The Bertz CT molecular complexity index is 752. The van der Waals surface area contributed by atoms with Crippen LogP contribution in [0.5, 0.6) is 0 Å². The van der Waals surface area contributed by atoms with E-state index in [1.165, 1.54) is 5.01 Å². The minimum atomic E-state index is -0.671. The standard InChI is InChI=1S/C26H41N3O5/c1-4-6-19-34-24(30)20-29(28-17-11-8-12-18-28)25(31)21(3)27-23(26(32)33-5-2)16-15-22-13-9-7-10-14-22/h7,9-10,13-14,21,23,27H,4-6,8,11-12,15-20H2,1-3H3/t21-,23-/m0/s1. The van der Waals surface area contributed by atoms with E-state index in [-0.39, 0.29) is 25.0 Å². The van der Waals surface area contributed by atoms with E-state index in [9.17, 15) is 14.4 Å². The molecule has 0 saturated carbocycles. The Hall–Kier alpha value is -2.45. The lowest BCUT2D eigenvalue weighted by atomic mass is 10.0. The van der Waals surface area contributed by atoms with Crippen LogP contribution in [0, 0.1) is 0 Å². The van der Waals surface area contributed by atoms with Crippen LogP contribution in [0.4, 0.5) is 0 Å². The molecule has 0 radical (unpaired) electrons. The van der Waals surface area contributed by atoms with Crippen LogP contribution < -0.4 is 5.32 Å². The van der Waals surface area contributed by atoms with Gasteiger partial charge in [-0.15, -0.1) is 0 Å². The highest BCUT2D eigenvalue weighted by atomic mass is 16.5. The van der Waals surface area contributed by atoms with E-state index in [0.717, 1.165) is 50.8 Å². The third-order valence-electron chi connectivity index (χ3n) is 5.93. The molecule has 1 saturated heterocycles. The van der Waals surface area contributed by atoms with Crippen LogP contribution in [-0.4, -0.2) is 72.8 Å². The number of hydrogen-bond donors (Lipinski definition) is 1. The molecular weight excluding hydrogens is 434 g/mol. The van der Waals surface area contributed by atoms with Crippen LogP contribution >= 0.6 is 0 Å². The summed E-state index contributed by atoms with van der Waals surface area (Å²) in [6.45, 7) is 7.47. The van der Waals surface area contributed by atoms with Gasteiger partial charge in [0.05, 0.1) is 19.3 Å². The van der Waals surface area contributed by atoms with Gasteiger partial charge in [0.2, 0.25) is 0 Å². The summed E-state index contributed by atoms with van der Waals surface area (Å²) < 4.78 is 10.6. The molecule has 2 atom stereocenters. The number of benzene rings is 1. The lowest BCUT2D eigenvalue weighted by Crippen LogP contribution is -2.58. The van der Waals surface area contributed by atoms with Gasteiger partial charge < -0.3 is 9.47 Å². The van der Waals surface area contributed by atoms with Crippen molar-refractivity contribution in [2.24, 2.45) is 0 Å². The van der Waals surface area contributed by atoms with E-state index >= 15 is 0 Å². The molecule has 1 amide bonds. The number of hydrazine groups is 1. The summed E-state index contributed by atoms with van der Waals surface area (Å²) in [5, 5.41) is 6.62. The number of aryl methyl sites for hydroxylation is 1. The van der Waals surface area contributed by atoms with Crippen molar-refractivity contribution in [1.29, 1.82) is 0 Å². The lowest BCUT2D eigenvalue weighted by molar-refractivity contribution is -0.165. The largest absolute Gasteiger partial charge is 0.465 e. The van der Waals surface area contributed by atoms with Crippen LogP contribution in [0.1, 0.15) is 64.9 Å². The summed E-state index contributed by atoms with van der Waals surface area (Å²) in [5.74, 6) is -1.03. The van der Waals surface area contributed by atoms with Gasteiger partial charge in [-0.2, -0.15) is 0 Å². The second kappa shape index (κ2) is 15.5. The highest BCUT2D eigenvalue weighted by Gasteiger charge is 2.32. The third-order valence-corrected chi connectivity index (χ3v) is 5.93. The Balaban J connectivity index is 2.07. The molecule has 0 spiro atoms. The highest BCUT2D eigenvalue weighted by molar-refractivity contribution is 5.86. The average molecular weight is 476 g/mol. The van der Waals surface area contributed by atoms with Crippen LogP contribution in [0.2, 0.25) is 0 Å². The van der Waals surface area contributed by atoms with Gasteiger partial charge in [0.25, 0.3) is 5.91 Å². The molecule has 8 nitrogen and oxygen atoms in total. The number of rotatable bonds is 14. The van der Waals surface area contributed by atoms with E-state index in [4.69, 9.17) is 9.47 Å². The summed E-state index contributed by atoms with van der Waals surface area (Å²) in [5.41, 5.74) is 1.11. The molecule has 1 heterocycles. The second-order valence-corrected chi connectivity index (χ2v) is 8.70. The SMILES string of the molecule is CCCCOC(=O)CN(C(=O)[C@H](C)N[C@@H](CCc1ccccc1)C(=O)OCC)N1CCCCC1. The molecule has 1 aromatic carbocycles. The fourth-order valence-corrected chi connectivity index (χ4v) is 4.00. The van der Waals surface area contributed by atoms with Crippen molar-refractivity contribution < 1.29 is 23.9 Å². The average Bonchev–Trinajstić information content (AvgIpc) is 2.86. The predicted molar refractivity (Wildman–Crippen MR) is 131 cm³/mol. The van der Waals surface area contributed by atoms with Crippen LogP contribution in [0.25, 0.3) is 0 Å². The first-order chi connectivity index (χ1) is 16.5. The number of ether oxygens (including phenoxy) is 2. The summed E-state index contributed by atoms with van der Waals surface area (Å²) in [6.07, 6.45) is 5.96. The van der Waals surface area contributed by atoms with Gasteiger partial charge >= 0.3 is 11.9 Å². The number of amides is 1. The maximum Gasteiger partial charge on any atom is 0.327 e. The normalized spacial score (nSPS) is 15.9. The molecular formula is C26H41N3O5. The first-order valence-corrected chi connectivity index (χ1v) is 12.6. The van der Waals surface area contributed by atoms with E-state index in [0.29, 0.717) is 19.4 Å². The van der Waals surface area contributed by atoms with E-state index < -0.39 is 18.1 Å². The number of carbonyl (C=O) groups excluding carboxylic acids is 3. The lowest BCUT2D eigenvalue weighted by Gasteiger charge is -2.38. The van der Waals surface area contributed by atoms with E-state index in [2.05, 4.69) is 5.32 Å². The minimum Gasteiger partial charge on any atom is -0.465 e. The number of piperidine rings is 1. The van der Waals surface area contributed by atoms with Gasteiger partial charge in [0.15, 0.2) is 0 Å². The highest BCUT2D eigenvalue weighted by Crippen LogP contribution is 2.14. The summed E-state index contributed by atoms with van der Waals surface area (Å²) in [4.78, 5) is 38.5. The number of nitrogens with zero attached hydrogens (tertiary/aromatic N) is 2. The number of hydrogen-bond acceptors (Lipinski definition) is 7. The molecule has 0 aliphatic carbocycles. The molecule has 1 N–H and O–H groups in total. The fourth-order valence-electron chi connectivity index (χ4n) is 4.00. The Labute approximate surface area is 203 Å². The van der Waals surface area contributed by atoms with Crippen molar-refractivity contribution >= 4 is 17.8 Å². The topological polar surface area (TPSA) is 88.2 Å². The Morgan fingerprint density at radius 1 is 1.06 bits per heavy atom. The van der Waals surface area contributed by atoms with Gasteiger partial charge in [0.1, 0.15) is 12.6 Å². The molecule has 1 aliphatic heterocycles. The van der Waals surface area contributed by atoms with Crippen molar-refractivity contribution in [3.63, 3.8) is 0 Å². The molecule has 1 aromatic rings. The van der Waals surface area contributed by atoms with Gasteiger partial charge in [-0.1, -0.05) is 50.1 Å². The van der Waals surface area contributed by atoms with Gasteiger partial charge in [-0.25, -0.2) is 5.01 Å². The van der Waals surface area contributed by atoms with Crippen molar-refractivity contribution in [3.05, 3.63) is 35.9 Å². The first kappa shape index (κ1) is 27.8. The Kier molecular flexibility index (Phi) is 12.6. The molecule has 0 aromatic heterocycles. The van der Waals surface area contributed by atoms with Gasteiger partial charge in [-0.05, 0) is 51.5 Å². The Morgan fingerprint density at radius 3 is 2.41 bits per heavy atom. The van der Waals surface area contributed by atoms with Crippen molar-refractivity contribution in [3.8, 4) is 0 Å². The predicted octanol–water partition coefficient (Wildman–Crippen LogP) is 3.10. The summed E-state index contributed by atoms with van der Waals surface area (Å²) >= 11 is 0. The quantitative estimate of drug-likeness (QED) is 0.327. The number of esters is 2. The van der Waals surface area contributed by atoms with Crippen molar-refractivity contribution in [2.75, 3.05) is 32.8 Å². The van der Waals surface area contributed by atoms with E-state index in [1.54, 1.807) is 13.8 Å². The number of nitrogens with one attached hydrogen (secondary N) is 1. The van der Waals surface area contributed by atoms with E-state index in [1.807, 2.05) is 42.3 Å². The molecule has 2 rings (SSSR count). The maximum atomic E-state index is 13.5. The fraction of sp³-hybridized carbons (Fsp3) is 0.654. The van der Waals surface area contributed by atoms with Crippen LogP contribution in [0.3, 0.4) is 0 Å². The Morgan fingerprint density at radius 2 is 1.76 bits per heavy atom. The van der Waals surface area contributed by atoms with Gasteiger partial charge in [0, 0.05) is 13.1 Å². The molecule has 190 valence electrons. The second-order valence-electron chi connectivity index (χ2n) is 8.70. The maximum absolute atomic E-state index is 13.5. The van der Waals surface area contributed by atoms with Crippen molar-refractivity contribution in [2.45, 2.75) is 77.8 Å². The summed E-state index contributed by atoms with van der Waals surface area (Å²) in [7, 11) is 0. The zero-order valence-corrected chi connectivity index (χ0v) is 21.0.